The van der Waals surface area contributed by atoms with Crippen molar-refractivity contribution in [2.75, 3.05) is 5.75 Å². The Morgan fingerprint density at radius 1 is 1.06 bits per heavy atom. The zero-order valence-electron chi connectivity index (χ0n) is 18.0. The first-order chi connectivity index (χ1) is 15.7. The molecule has 0 aliphatic carbocycles. The van der Waals surface area contributed by atoms with Crippen LogP contribution in [0.3, 0.4) is 0 Å². The summed E-state index contributed by atoms with van der Waals surface area (Å²) in [4.78, 5) is 46.0. The number of nitrogens with one attached hydrogen (secondary N) is 2. The first-order valence-corrected chi connectivity index (χ1v) is 11.1. The van der Waals surface area contributed by atoms with Gasteiger partial charge in [-0.25, -0.2) is 5.43 Å². The third-order valence-corrected chi connectivity index (χ3v) is 5.58. The zero-order chi connectivity index (χ0) is 24.4. The smallest absolute Gasteiger partial charge is 0.277 e. The van der Waals surface area contributed by atoms with E-state index in [0.29, 0.717) is 17.9 Å². The summed E-state index contributed by atoms with van der Waals surface area (Å²) in [5.41, 5.74) is 2.62. The molecule has 1 atom stereocenters. The number of hydrogen-bond donors (Lipinski definition) is 2. The SMILES string of the molecule is CCC(C)=NNC(=O)[C@H](CSCc1ccccc1)NC(=O)c1cc([N+](=O)[O-])cc([N+](=O)[O-])c1. The molecule has 0 heterocycles. The lowest BCUT2D eigenvalue weighted by molar-refractivity contribution is -0.394. The minimum Gasteiger partial charge on any atom is -0.339 e. The Labute approximate surface area is 193 Å². The van der Waals surface area contributed by atoms with E-state index in [9.17, 15) is 29.8 Å². The number of hydrogen-bond acceptors (Lipinski definition) is 8. The van der Waals surface area contributed by atoms with Crippen molar-refractivity contribution in [1.82, 2.24) is 10.7 Å². The van der Waals surface area contributed by atoms with E-state index in [2.05, 4.69) is 15.8 Å². The van der Waals surface area contributed by atoms with E-state index in [-0.39, 0.29) is 11.3 Å². The van der Waals surface area contributed by atoms with Crippen LogP contribution in [-0.2, 0) is 10.5 Å². The second-order valence-electron chi connectivity index (χ2n) is 6.96. The molecule has 0 spiro atoms. The van der Waals surface area contributed by atoms with Gasteiger partial charge in [0.15, 0.2) is 0 Å². The number of non-ortho nitro benzene ring substituents is 2. The van der Waals surface area contributed by atoms with E-state index >= 15 is 0 Å². The summed E-state index contributed by atoms with van der Waals surface area (Å²) in [5.74, 6) is -0.653. The fraction of sp³-hybridized carbons (Fsp3) is 0.286. The maximum Gasteiger partial charge on any atom is 0.277 e. The van der Waals surface area contributed by atoms with Crippen LogP contribution in [0.2, 0.25) is 0 Å². The quantitative estimate of drug-likeness (QED) is 0.287. The predicted molar refractivity (Wildman–Crippen MR) is 125 cm³/mol. The largest absolute Gasteiger partial charge is 0.339 e. The molecule has 0 fully saturated rings. The van der Waals surface area contributed by atoms with Gasteiger partial charge in [0.1, 0.15) is 6.04 Å². The molecule has 33 heavy (non-hydrogen) atoms. The molecule has 11 nitrogen and oxygen atoms in total. The summed E-state index contributed by atoms with van der Waals surface area (Å²) in [6, 6.07) is 11.1. The summed E-state index contributed by atoms with van der Waals surface area (Å²) >= 11 is 1.40. The molecule has 2 rings (SSSR count). The minimum absolute atomic E-state index is 0.185. The second-order valence-corrected chi connectivity index (χ2v) is 7.99. The maximum atomic E-state index is 12.8. The molecule has 0 saturated carbocycles. The molecule has 0 unspecified atom stereocenters. The van der Waals surface area contributed by atoms with Crippen molar-refractivity contribution in [2.45, 2.75) is 32.1 Å². The van der Waals surface area contributed by atoms with E-state index in [4.69, 9.17) is 0 Å². The van der Waals surface area contributed by atoms with Crippen molar-refractivity contribution in [2.24, 2.45) is 5.10 Å². The van der Waals surface area contributed by atoms with E-state index in [0.717, 1.165) is 23.8 Å². The summed E-state index contributed by atoms with van der Waals surface area (Å²) in [5, 5.41) is 28.7. The highest BCUT2D eigenvalue weighted by Crippen LogP contribution is 2.23. The highest BCUT2D eigenvalue weighted by Gasteiger charge is 2.25. The van der Waals surface area contributed by atoms with Crippen molar-refractivity contribution in [3.8, 4) is 0 Å². The van der Waals surface area contributed by atoms with Gasteiger partial charge in [-0.15, -0.1) is 0 Å². The Kier molecular flexibility index (Phi) is 9.48. The lowest BCUT2D eigenvalue weighted by Crippen LogP contribution is -2.47. The Morgan fingerprint density at radius 3 is 2.21 bits per heavy atom. The molecule has 174 valence electrons. The normalized spacial score (nSPS) is 12.0. The van der Waals surface area contributed by atoms with Crippen LogP contribution in [-0.4, -0.2) is 39.2 Å². The maximum absolute atomic E-state index is 12.8. The van der Waals surface area contributed by atoms with Crippen molar-refractivity contribution >= 4 is 40.7 Å². The van der Waals surface area contributed by atoms with Crippen LogP contribution in [0.25, 0.3) is 0 Å². The number of hydrazone groups is 1. The molecule has 12 heteroatoms. The van der Waals surface area contributed by atoms with Gasteiger partial charge in [-0.1, -0.05) is 37.3 Å². The summed E-state index contributed by atoms with van der Waals surface area (Å²) in [6.45, 7) is 3.61. The molecule has 2 N–H and O–H groups in total. The van der Waals surface area contributed by atoms with E-state index < -0.39 is 39.1 Å². The molecule has 0 aromatic heterocycles. The number of nitro groups is 2. The van der Waals surface area contributed by atoms with Crippen molar-refractivity contribution < 1.29 is 19.4 Å². The summed E-state index contributed by atoms with van der Waals surface area (Å²) in [6.07, 6.45) is 0.622. The molecule has 2 aromatic carbocycles. The van der Waals surface area contributed by atoms with Gasteiger partial charge in [-0.05, 0) is 18.9 Å². The molecule has 2 aromatic rings. The zero-order valence-corrected chi connectivity index (χ0v) is 18.8. The van der Waals surface area contributed by atoms with Crippen LogP contribution in [0.1, 0.15) is 36.2 Å². The lowest BCUT2D eigenvalue weighted by Gasteiger charge is -2.17. The molecule has 0 aliphatic rings. The Hall–Kier alpha value is -3.80. The first-order valence-electron chi connectivity index (χ1n) is 9.90. The van der Waals surface area contributed by atoms with Gasteiger partial charge in [0.05, 0.1) is 21.5 Å². The number of thioether (sulfide) groups is 1. The first kappa shape index (κ1) is 25.5. The fourth-order valence-electron chi connectivity index (χ4n) is 2.54. The fourth-order valence-corrected chi connectivity index (χ4v) is 3.55. The van der Waals surface area contributed by atoms with E-state index in [1.165, 1.54) is 11.8 Å². The molecule has 0 aliphatic heterocycles. The highest BCUT2D eigenvalue weighted by molar-refractivity contribution is 7.98. The van der Waals surface area contributed by atoms with Crippen molar-refractivity contribution in [3.05, 3.63) is 79.9 Å². The third kappa shape index (κ3) is 8.00. The average Bonchev–Trinajstić information content (AvgIpc) is 2.81. The Morgan fingerprint density at radius 2 is 1.67 bits per heavy atom. The third-order valence-electron chi connectivity index (χ3n) is 4.47. The van der Waals surface area contributed by atoms with Crippen molar-refractivity contribution in [1.29, 1.82) is 0 Å². The second kappa shape index (κ2) is 12.3. The summed E-state index contributed by atoms with van der Waals surface area (Å²) < 4.78 is 0. The molecular weight excluding hydrogens is 450 g/mol. The highest BCUT2D eigenvalue weighted by atomic mass is 32.2. The van der Waals surface area contributed by atoms with Crippen LogP contribution in [0.15, 0.2) is 53.6 Å². The van der Waals surface area contributed by atoms with Gasteiger partial charge in [0.2, 0.25) is 0 Å². The number of nitrogens with zero attached hydrogens (tertiary/aromatic N) is 3. The molecule has 2 amide bonds. The number of amides is 2. The number of carbonyl (C=O) groups is 2. The van der Waals surface area contributed by atoms with E-state index in [1.807, 2.05) is 37.3 Å². The van der Waals surface area contributed by atoms with Gasteiger partial charge >= 0.3 is 0 Å². The molecule has 0 bridgehead atoms. The van der Waals surface area contributed by atoms with Gasteiger partial charge in [-0.2, -0.15) is 16.9 Å². The Bertz CT molecular complexity index is 1030. The van der Waals surface area contributed by atoms with Gasteiger partial charge in [0, 0.05) is 29.4 Å². The molecule has 0 saturated heterocycles. The minimum atomic E-state index is -1.03. The van der Waals surface area contributed by atoms with Gasteiger partial charge < -0.3 is 5.32 Å². The number of rotatable bonds is 11. The number of nitro benzene ring substituents is 2. The van der Waals surface area contributed by atoms with Crippen LogP contribution in [0.4, 0.5) is 11.4 Å². The number of benzene rings is 2. The van der Waals surface area contributed by atoms with Crippen molar-refractivity contribution in [3.63, 3.8) is 0 Å². The standard InChI is InChI=1S/C21H23N5O6S/c1-3-14(2)23-24-21(28)19(13-33-12-15-7-5-4-6-8-15)22-20(27)16-9-17(25(29)30)11-18(10-16)26(31)32/h4-11,19H,3,12-13H2,1-2H3,(H,22,27)(H,24,28)/t19-/m0/s1. The lowest BCUT2D eigenvalue weighted by atomic mass is 10.1. The van der Waals surface area contributed by atoms with Crippen LogP contribution in [0.5, 0.6) is 0 Å². The summed E-state index contributed by atoms with van der Waals surface area (Å²) in [7, 11) is 0. The molecular formula is C21H23N5O6S. The predicted octanol–water partition coefficient (Wildman–Crippen LogP) is 3.44. The van der Waals surface area contributed by atoms with Gasteiger partial charge in [0.25, 0.3) is 23.2 Å². The molecule has 0 radical (unpaired) electrons. The Balaban J connectivity index is 2.21. The van der Waals surface area contributed by atoms with Gasteiger partial charge in [-0.3, -0.25) is 29.8 Å². The monoisotopic (exact) mass is 473 g/mol. The topological polar surface area (TPSA) is 157 Å². The van der Waals surface area contributed by atoms with E-state index in [1.54, 1.807) is 6.92 Å². The average molecular weight is 474 g/mol. The van der Waals surface area contributed by atoms with Crippen LogP contribution >= 0.6 is 11.8 Å². The van der Waals surface area contributed by atoms with Crippen LogP contribution in [0, 0.1) is 20.2 Å². The van der Waals surface area contributed by atoms with Crippen LogP contribution < -0.4 is 10.7 Å². The number of carbonyl (C=O) groups excluding carboxylic acids is 2.